The lowest BCUT2D eigenvalue weighted by Gasteiger charge is -2.16. The summed E-state index contributed by atoms with van der Waals surface area (Å²) >= 11 is 0. The Bertz CT molecular complexity index is 320. The van der Waals surface area contributed by atoms with Crippen LogP contribution in [0.1, 0.15) is 25.0 Å². The molecular weight excluding hydrogens is 209 g/mol. The van der Waals surface area contributed by atoms with Crippen LogP contribution in [0.4, 0.5) is 4.39 Å². The zero-order valence-corrected chi connectivity index (χ0v) is 9.36. The first kappa shape index (κ1) is 13.1. The highest BCUT2D eigenvalue weighted by Crippen LogP contribution is 2.13. The Labute approximate surface area is 94.9 Å². The van der Waals surface area contributed by atoms with Crippen LogP contribution in [0.5, 0.6) is 0 Å². The summed E-state index contributed by atoms with van der Waals surface area (Å²) in [6, 6.07) is 6.06. The zero-order chi connectivity index (χ0) is 12.0. The second kappa shape index (κ2) is 6.58. The third-order valence-electron chi connectivity index (χ3n) is 2.46. The molecule has 0 saturated carbocycles. The van der Waals surface area contributed by atoms with E-state index in [0.717, 1.165) is 0 Å². The van der Waals surface area contributed by atoms with Crippen LogP contribution in [0.15, 0.2) is 24.3 Å². The lowest BCUT2D eigenvalue weighted by molar-refractivity contribution is 0.166. The SMILES string of the molecule is CC(CCO)NCC(O)c1cccc(F)c1. The fraction of sp³-hybridized carbons (Fsp3) is 0.500. The van der Waals surface area contributed by atoms with E-state index in [1.807, 2.05) is 6.92 Å². The summed E-state index contributed by atoms with van der Waals surface area (Å²) < 4.78 is 12.9. The van der Waals surface area contributed by atoms with Gasteiger partial charge in [0, 0.05) is 19.2 Å². The van der Waals surface area contributed by atoms with Gasteiger partial charge in [0.15, 0.2) is 0 Å². The summed E-state index contributed by atoms with van der Waals surface area (Å²) in [7, 11) is 0. The van der Waals surface area contributed by atoms with Crippen molar-refractivity contribution >= 4 is 0 Å². The van der Waals surface area contributed by atoms with E-state index in [9.17, 15) is 9.50 Å². The number of halogens is 1. The van der Waals surface area contributed by atoms with Gasteiger partial charge >= 0.3 is 0 Å². The Morgan fingerprint density at radius 1 is 1.44 bits per heavy atom. The maximum Gasteiger partial charge on any atom is 0.123 e. The number of nitrogens with one attached hydrogen (secondary N) is 1. The quantitative estimate of drug-likeness (QED) is 0.685. The molecule has 0 aliphatic rings. The number of hydrogen-bond donors (Lipinski definition) is 3. The van der Waals surface area contributed by atoms with Crippen molar-refractivity contribution < 1.29 is 14.6 Å². The van der Waals surface area contributed by atoms with Gasteiger partial charge in [-0.1, -0.05) is 12.1 Å². The van der Waals surface area contributed by atoms with E-state index in [2.05, 4.69) is 5.32 Å². The molecule has 3 nitrogen and oxygen atoms in total. The molecule has 0 aliphatic carbocycles. The second-order valence-electron chi connectivity index (χ2n) is 3.89. The van der Waals surface area contributed by atoms with Gasteiger partial charge in [0.25, 0.3) is 0 Å². The van der Waals surface area contributed by atoms with Crippen LogP contribution < -0.4 is 5.32 Å². The first-order valence-electron chi connectivity index (χ1n) is 5.41. The molecule has 0 heterocycles. The van der Waals surface area contributed by atoms with Gasteiger partial charge in [-0.3, -0.25) is 0 Å². The molecular formula is C12H18FNO2. The molecule has 0 saturated heterocycles. The van der Waals surface area contributed by atoms with E-state index in [0.29, 0.717) is 18.5 Å². The number of benzene rings is 1. The van der Waals surface area contributed by atoms with E-state index in [1.165, 1.54) is 12.1 Å². The molecule has 0 aromatic heterocycles. The molecule has 0 radical (unpaired) electrons. The monoisotopic (exact) mass is 227 g/mol. The summed E-state index contributed by atoms with van der Waals surface area (Å²) in [5.41, 5.74) is 0.559. The Balaban J connectivity index is 2.43. The predicted octanol–water partition coefficient (Wildman–Crippen LogP) is 1.22. The summed E-state index contributed by atoms with van der Waals surface area (Å²) in [4.78, 5) is 0. The molecule has 0 spiro atoms. The molecule has 1 rings (SSSR count). The number of aliphatic hydroxyl groups excluding tert-OH is 2. The minimum Gasteiger partial charge on any atom is -0.396 e. The molecule has 90 valence electrons. The number of rotatable bonds is 6. The molecule has 4 heteroatoms. The molecule has 0 aliphatic heterocycles. The molecule has 1 aromatic carbocycles. The van der Waals surface area contributed by atoms with Crippen LogP contribution in [0.2, 0.25) is 0 Å². The number of aliphatic hydroxyl groups is 2. The summed E-state index contributed by atoms with van der Waals surface area (Å²) in [5, 5.41) is 21.5. The van der Waals surface area contributed by atoms with Crippen molar-refractivity contribution in [2.45, 2.75) is 25.5 Å². The van der Waals surface area contributed by atoms with E-state index in [4.69, 9.17) is 5.11 Å². The lowest BCUT2D eigenvalue weighted by Crippen LogP contribution is -2.31. The summed E-state index contributed by atoms with van der Waals surface area (Å²) in [6.45, 7) is 2.39. The molecule has 1 aromatic rings. The third-order valence-corrected chi connectivity index (χ3v) is 2.46. The first-order chi connectivity index (χ1) is 7.63. The van der Waals surface area contributed by atoms with Gasteiger partial charge in [-0.25, -0.2) is 4.39 Å². The van der Waals surface area contributed by atoms with Gasteiger partial charge in [-0.15, -0.1) is 0 Å². The second-order valence-corrected chi connectivity index (χ2v) is 3.89. The Morgan fingerprint density at radius 2 is 2.19 bits per heavy atom. The fourth-order valence-corrected chi connectivity index (χ4v) is 1.44. The smallest absolute Gasteiger partial charge is 0.123 e. The van der Waals surface area contributed by atoms with Crippen molar-refractivity contribution in [3.63, 3.8) is 0 Å². The Hall–Kier alpha value is -0.970. The van der Waals surface area contributed by atoms with Gasteiger partial charge in [0.05, 0.1) is 6.10 Å². The molecule has 0 amide bonds. The average molecular weight is 227 g/mol. The predicted molar refractivity (Wildman–Crippen MR) is 60.5 cm³/mol. The van der Waals surface area contributed by atoms with Gasteiger partial charge in [-0.05, 0) is 31.0 Å². The van der Waals surface area contributed by atoms with Crippen molar-refractivity contribution in [3.05, 3.63) is 35.6 Å². The van der Waals surface area contributed by atoms with Gasteiger partial charge < -0.3 is 15.5 Å². The lowest BCUT2D eigenvalue weighted by atomic mass is 10.1. The third kappa shape index (κ3) is 4.26. The Morgan fingerprint density at radius 3 is 2.81 bits per heavy atom. The summed E-state index contributed by atoms with van der Waals surface area (Å²) in [5.74, 6) is -0.347. The highest BCUT2D eigenvalue weighted by Gasteiger charge is 2.09. The fourth-order valence-electron chi connectivity index (χ4n) is 1.44. The van der Waals surface area contributed by atoms with Crippen LogP contribution >= 0.6 is 0 Å². The van der Waals surface area contributed by atoms with Gasteiger partial charge in [0.2, 0.25) is 0 Å². The zero-order valence-electron chi connectivity index (χ0n) is 9.36. The standard InChI is InChI=1S/C12H18FNO2/c1-9(5-6-15)14-8-12(16)10-3-2-4-11(13)7-10/h2-4,7,9,12,14-16H,5-6,8H2,1H3. The van der Waals surface area contributed by atoms with E-state index < -0.39 is 6.10 Å². The molecule has 0 bridgehead atoms. The van der Waals surface area contributed by atoms with E-state index in [1.54, 1.807) is 12.1 Å². The van der Waals surface area contributed by atoms with Crippen molar-refractivity contribution in [1.29, 1.82) is 0 Å². The summed E-state index contributed by atoms with van der Waals surface area (Å²) in [6.07, 6.45) is -0.0904. The average Bonchev–Trinajstić information content (AvgIpc) is 2.26. The largest absolute Gasteiger partial charge is 0.396 e. The van der Waals surface area contributed by atoms with Crippen LogP contribution in [0, 0.1) is 5.82 Å². The highest BCUT2D eigenvalue weighted by molar-refractivity contribution is 5.18. The van der Waals surface area contributed by atoms with Crippen LogP contribution in [-0.2, 0) is 0 Å². The topological polar surface area (TPSA) is 52.5 Å². The maximum atomic E-state index is 12.9. The van der Waals surface area contributed by atoms with Crippen LogP contribution in [0.3, 0.4) is 0 Å². The Kier molecular flexibility index (Phi) is 5.38. The van der Waals surface area contributed by atoms with Crippen molar-refractivity contribution in [1.82, 2.24) is 5.32 Å². The van der Waals surface area contributed by atoms with Gasteiger partial charge in [-0.2, -0.15) is 0 Å². The molecule has 16 heavy (non-hydrogen) atoms. The highest BCUT2D eigenvalue weighted by atomic mass is 19.1. The minimum absolute atomic E-state index is 0.115. The van der Waals surface area contributed by atoms with E-state index >= 15 is 0 Å². The van der Waals surface area contributed by atoms with Crippen LogP contribution in [-0.4, -0.2) is 29.4 Å². The molecule has 2 unspecified atom stereocenters. The first-order valence-corrected chi connectivity index (χ1v) is 5.41. The normalized spacial score (nSPS) is 14.8. The molecule has 3 N–H and O–H groups in total. The minimum atomic E-state index is -0.725. The van der Waals surface area contributed by atoms with E-state index in [-0.39, 0.29) is 18.5 Å². The van der Waals surface area contributed by atoms with Crippen molar-refractivity contribution in [3.8, 4) is 0 Å². The number of hydrogen-bond acceptors (Lipinski definition) is 3. The van der Waals surface area contributed by atoms with Crippen LogP contribution in [0.25, 0.3) is 0 Å². The molecule has 2 atom stereocenters. The van der Waals surface area contributed by atoms with Crippen molar-refractivity contribution in [2.75, 3.05) is 13.2 Å². The van der Waals surface area contributed by atoms with Gasteiger partial charge in [0.1, 0.15) is 5.82 Å². The molecule has 0 fully saturated rings. The maximum absolute atomic E-state index is 12.9. The van der Waals surface area contributed by atoms with Crippen molar-refractivity contribution in [2.24, 2.45) is 0 Å².